The molecule has 1 aromatic heterocycles. The van der Waals surface area contributed by atoms with Gasteiger partial charge in [0, 0.05) is 22.2 Å². The zero-order valence-electron chi connectivity index (χ0n) is 16.4. The van der Waals surface area contributed by atoms with Gasteiger partial charge < -0.3 is 4.42 Å². The lowest BCUT2D eigenvalue weighted by Crippen LogP contribution is -2.44. The number of amides is 2. The van der Waals surface area contributed by atoms with Gasteiger partial charge in [0.2, 0.25) is 0 Å². The van der Waals surface area contributed by atoms with E-state index in [9.17, 15) is 22.8 Å². The first-order valence-electron chi connectivity index (χ1n) is 9.24. The van der Waals surface area contributed by atoms with Crippen molar-refractivity contribution < 1.29 is 27.2 Å². The first-order valence-corrected chi connectivity index (χ1v) is 10.8. The Hall–Kier alpha value is -3.08. The van der Waals surface area contributed by atoms with Gasteiger partial charge in [0.15, 0.2) is 4.32 Å². The van der Waals surface area contributed by atoms with Crippen LogP contribution in [0.5, 0.6) is 0 Å². The summed E-state index contributed by atoms with van der Waals surface area (Å²) in [4.78, 5) is 25.3. The summed E-state index contributed by atoms with van der Waals surface area (Å²) >= 11 is 11.9. The molecule has 1 saturated heterocycles. The molecule has 0 aliphatic carbocycles. The highest BCUT2D eigenvalue weighted by Crippen LogP contribution is 2.35. The smallest absolute Gasteiger partial charge is 0.416 e. The molecule has 0 spiro atoms. The molecule has 33 heavy (non-hydrogen) atoms. The number of hydrogen-bond donors (Lipinski definition) is 1. The Morgan fingerprint density at radius 1 is 1.12 bits per heavy atom. The van der Waals surface area contributed by atoms with Crippen LogP contribution in [-0.4, -0.2) is 21.1 Å². The molecule has 0 atom stereocenters. The molecule has 2 aromatic carbocycles. The number of hydrogen-bond acceptors (Lipinski definition) is 5. The zero-order valence-corrected chi connectivity index (χ0v) is 18.7. The zero-order chi connectivity index (χ0) is 23.8. The summed E-state index contributed by atoms with van der Waals surface area (Å²) in [6.45, 7) is 0. The van der Waals surface area contributed by atoms with E-state index in [1.807, 2.05) is 0 Å². The molecule has 168 valence electrons. The number of hydrazine groups is 1. The standard InChI is InChI=1S/C22H12ClF3N2O3S2/c23-15-6-4-12(5-7-15)19(29)27-28-20(30)18(33-21(28)32)11-16-8-9-17(31-16)13-2-1-3-14(10-13)22(24,25)26/h1-11H,(H,27,29)/b18-11+. The molecule has 0 radical (unpaired) electrons. The number of rotatable bonds is 4. The van der Waals surface area contributed by atoms with Crippen LogP contribution in [0.4, 0.5) is 13.2 Å². The molecular formula is C22H12ClF3N2O3S2. The van der Waals surface area contributed by atoms with Gasteiger partial charge in [-0.3, -0.25) is 15.0 Å². The van der Waals surface area contributed by atoms with Crippen molar-refractivity contribution in [1.29, 1.82) is 0 Å². The third-order valence-electron chi connectivity index (χ3n) is 4.49. The Morgan fingerprint density at radius 2 is 1.85 bits per heavy atom. The van der Waals surface area contributed by atoms with Crippen LogP contribution in [0.25, 0.3) is 17.4 Å². The number of carbonyl (C=O) groups excluding carboxylic acids is 2. The Kier molecular flexibility index (Phi) is 6.33. The third kappa shape index (κ3) is 5.13. The summed E-state index contributed by atoms with van der Waals surface area (Å²) in [5.41, 5.74) is 2.18. The maximum Gasteiger partial charge on any atom is 0.416 e. The van der Waals surface area contributed by atoms with E-state index in [4.69, 9.17) is 28.2 Å². The number of thioether (sulfide) groups is 1. The maximum absolute atomic E-state index is 13.0. The van der Waals surface area contributed by atoms with Crippen LogP contribution < -0.4 is 5.43 Å². The van der Waals surface area contributed by atoms with Crippen molar-refractivity contribution >= 4 is 57.8 Å². The third-order valence-corrected chi connectivity index (χ3v) is 6.04. The number of thiocarbonyl (C=S) groups is 1. The Morgan fingerprint density at radius 3 is 2.55 bits per heavy atom. The van der Waals surface area contributed by atoms with Crippen LogP contribution in [0.3, 0.4) is 0 Å². The monoisotopic (exact) mass is 508 g/mol. The lowest BCUT2D eigenvalue weighted by Gasteiger charge is -2.15. The predicted molar refractivity (Wildman–Crippen MR) is 123 cm³/mol. The van der Waals surface area contributed by atoms with Gasteiger partial charge in [-0.05, 0) is 60.7 Å². The minimum Gasteiger partial charge on any atom is -0.457 e. The van der Waals surface area contributed by atoms with Crippen molar-refractivity contribution in [3.05, 3.63) is 87.5 Å². The molecule has 0 saturated carbocycles. The van der Waals surface area contributed by atoms with E-state index >= 15 is 0 Å². The van der Waals surface area contributed by atoms with E-state index in [1.54, 1.807) is 12.1 Å². The number of alkyl halides is 3. The first kappa shape index (κ1) is 23.1. The van der Waals surface area contributed by atoms with Crippen LogP contribution in [0.2, 0.25) is 5.02 Å². The average molecular weight is 509 g/mol. The van der Waals surface area contributed by atoms with Crippen molar-refractivity contribution in [3.63, 3.8) is 0 Å². The van der Waals surface area contributed by atoms with Crippen LogP contribution in [-0.2, 0) is 11.0 Å². The fraction of sp³-hybridized carbons (Fsp3) is 0.0455. The molecule has 2 heterocycles. The summed E-state index contributed by atoms with van der Waals surface area (Å²) in [7, 11) is 0. The molecule has 1 aliphatic heterocycles. The summed E-state index contributed by atoms with van der Waals surface area (Å²) in [6.07, 6.45) is -3.07. The molecule has 0 unspecified atom stereocenters. The number of benzene rings is 2. The largest absolute Gasteiger partial charge is 0.457 e. The lowest BCUT2D eigenvalue weighted by atomic mass is 10.1. The molecular weight excluding hydrogens is 497 g/mol. The number of nitrogens with one attached hydrogen (secondary N) is 1. The van der Waals surface area contributed by atoms with Gasteiger partial charge in [0.25, 0.3) is 11.8 Å². The maximum atomic E-state index is 13.0. The van der Waals surface area contributed by atoms with Crippen molar-refractivity contribution in [2.75, 3.05) is 0 Å². The van der Waals surface area contributed by atoms with Gasteiger partial charge in [-0.15, -0.1) is 0 Å². The highest BCUT2D eigenvalue weighted by Gasteiger charge is 2.34. The highest BCUT2D eigenvalue weighted by atomic mass is 35.5. The number of furan rings is 1. The Labute approximate surface area is 200 Å². The number of halogens is 4. The highest BCUT2D eigenvalue weighted by molar-refractivity contribution is 8.26. The van der Waals surface area contributed by atoms with Crippen molar-refractivity contribution in [1.82, 2.24) is 10.4 Å². The second-order valence-corrected chi connectivity index (χ2v) is 8.86. The topological polar surface area (TPSA) is 62.6 Å². The van der Waals surface area contributed by atoms with Crippen LogP contribution in [0.15, 0.2) is 70.0 Å². The van der Waals surface area contributed by atoms with E-state index in [2.05, 4.69) is 5.43 Å². The van der Waals surface area contributed by atoms with E-state index in [0.29, 0.717) is 5.02 Å². The lowest BCUT2D eigenvalue weighted by molar-refractivity contribution is -0.137. The molecule has 3 aromatic rings. The van der Waals surface area contributed by atoms with E-state index < -0.39 is 23.6 Å². The quantitative estimate of drug-likeness (QED) is 0.337. The summed E-state index contributed by atoms with van der Waals surface area (Å²) < 4.78 is 44.6. The molecule has 0 bridgehead atoms. The molecule has 4 rings (SSSR count). The molecule has 2 amide bonds. The number of nitrogens with zero attached hydrogens (tertiary/aromatic N) is 1. The SMILES string of the molecule is O=C(NN1C(=O)/C(=C\c2ccc(-c3cccc(C(F)(F)F)c3)o2)SC1=S)c1ccc(Cl)cc1. The van der Waals surface area contributed by atoms with Gasteiger partial charge in [-0.2, -0.15) is 18.2 Å². The predicted octanol–water partition coefficient (Wildman–Crippen LogP) is 6.17. The second-order valence-electron chi connectivity index (χ2n) is 6.75. The van der Waals surface area contributed by atoms with Gasteiger partial charge >= 0.3 is 6.18 Å². The van der Waals surface area contributed by atoms with Crippen LogP contribution >= 0.6 is 35.6 Å². The van der Waals surface area contributed by atoms with Crippen LogP contribution in [0.1, 0.15) is 21.7 Å². The van der Waals surface area contributed by atoms with Gasteiger partial charge in [-0.25, -0.2) is 0 Å². The van der Waals surface area contributed by atoms with Gasteiger partial charge in [-0.1, -0.05) is 35.5 Å². The Balaban J connectivity index is 1.51. The number of carbonyl (C=O) groups is 2. The Bertz CT molecular complexity index is 1290. The van der Waals surface area contributed by atoms with E-state index in [1.165, 1.54) is 42.5 Å². The van der Waals surface area contributed by atoms with Crippen molar-refractivity contribution in [2.45, 2.75) is 6.18 Å². The summed E-state index contributed by atoms with van der Waals surface area (Å²) in [5, 5.41) is 1.41. The van der Waals surface area contributed by atoms with Crippen molar-refractivity contribution in [3.8, 4) is 11.3 Å². The van der Waals surface area contributed by atoms with E-state index in [0.717, 1.165) is 28.9 Å². The van der Waals surface area contributed by atoms with Gasteiger partial charge in [0.1, 0.15) is 11.5 Å². The fourth-order valence-electron chi connectivity index (χ4n) is 2.89. The normalized spacial score (nSPS) is 15.4. The molecule has 1 fully saturated rings. The minimum absolute atomic E-state index is 0.109. The molecule has 1 aliphatic rings. The first-order chi connectivity index (χ1) is 15.6. The molecule has 1 N–H and O–H groups in total. The van der Waals surface area contributed by atoms with Crippen molar-refractivity contribution in [2.24, 2.45) is 0 Å². The average Bonchev–Trinajstić information content (AvgIpc) is 3.34. The van der Waals surface area contributed by atoms with Crippen LogP contribution in [0, 0.1) is 0 Å². The second kappa shape index (κ2) is 9.05. The summed E-state index contributed by atoms with van der Waals surface area (Å²) in [5.74, 6) is -0.663. The fourth-order valence-corrected chi connectivity index (χ4v) is 4.18. The van der Waals surface area contributed by atoms with E-state index in [-0.39, 0.29) is 31.9 Å². The molecule has 11 heteroatoms. The molecule has 5 nitrogen and oxygen atoms in total. The summed E-state index contributed by atoms with van der Waals surface area (Å²) in [6, 6.07) is 13.8. The van der Waals surface area contributed by atoms with Gasteiger partial charge in [0.05, 0.1) is 10.5 Å². The minimum atomic E-state index is -4.48.